The second-order valence-corrected chi connectivity index (χ2v) is 19.0. The molecule has 14 atom stereocenters. The molecule has 0 fully saturated rings. The first-order valence-electron chi connectivity index (χ1n) is 25.0. The van der Waals surface area contributed by atoms with Gasteiger partial charge in [-0.05, 0) is 33.6 Å². The summed E-state index contributed by atoms with van der Waals surface area (Å²) in [6.45, 7) is 7.72. The Balaban J connectivity index is -0.0000000620. The summed E-state index contributed by atoms with van der Waals surface area (Å²) in [7, 11) is 0. The Bertz CT molecular complexity index is 1700. The van der Waals surface area contributed by atoms with Gasteiger partial charge in [0.15, 0.2) is 0 Å². The number of hydrogen-bond acceptors (Lipinski definition) is 37. The topological polar surface area (TPSA) is 947 Å². The molecule has 0 heterocycles. The average Bonchev–Trinajstić information content (AvgIpc) is 3.50. The van der Waals surface area contributed by atoms with Crippen LogP contribution in [0, 0.1) is 5.92 Å². The molecule has 0 unspecified atom stereocenters. The molecule has 0 aromatic carbocycles. The smallest absolute Gasteiger partial charge is 0.322 e. The van der Waals surface area contributed by atoms with Crippen molar-refractivity contribution in [3.63, 3.8) is 0 Å². The maximum atomic E-state index is 10.0. The third-order valence-corrected chi connectivity index (χ3v) is 9.55. The highest BCUT2D eigenvalue weighted by Crippen LogP contribution is 1.96. The van der Waals surface area contributed by atoms with E-state index < -0.39 is 188 Å². The van der Waals surface area contributed by atoms with Crippen molar-refractivity contribution in [1.82, 2.24) is 0 Å². The molecule has 0 aliphatic carbocycles. The molecule has 0 saturated heterocycles. The number of nitrogens with two attached hydrogens (primary N) is 14. The molecule has 0 radical (unpaired) electrons. The normalized spacial score (nSPS) is 13.5. The van der Waals surface area contributed by atoms with Gasteiger partial charge in [0.1, 0.15) is 84.6 Å². The van der Waals surface area contributed by atoms with E-state index in [4.69, 9.17) is 167 Å². The van der Waals surface area contributed by atoms with Crippen LogP contribution in [0.2, 0.25) is 0 Å². The van der Waals surface area contributed by atoms with Gasteiger partial charge in [0.2, 0.25) is 0 Å². The van der Waals surface area contributed by atoms with Gasteiger partial charge in [0.25, 0.3) is 0 Å². The molecule has 0 bridgehead atoms. The summed E-state index contributed by atoms with van der Waals surface area (Å²) in [6.07, 6.45) is 0. The zero-order valence-electron chi connectivity index (χ0n) is 52.1. The number of carboxylic acid groups (broad SMARTS) is 14. The van der Waals surface area contributed by atoms with E-state index in [1.807, 2.05) is 0 Å². The molecule has 0 spiro atoms. The Hall–Kier alpha value is -6.00. The summed E-state index contributed by atoms with van der Waals surface area (Å²) in [5.41, 5.74) is 68.4. The van der Waals surface area contributed by atoms with Gasteiger partial charge in [-0.15, -0.1) is 0 Å². The number of thiol groups is 6. The average molecular weight is 1520 g/mol. The lowest BCUT2D eigenvalue weighted by Gasteiger charge is -2.07. The highest BCUT2D eigenvalue weighted by molar-refractivity contribution is 7.81. The number of hydrogen-bond donors (Lipinski definition) is 37. The van der Waals surface area contributed by atoms with Crippen molar-refractivity contribution in [2.45, 2.75) is 126 Å². The molecule has 570 valence electrons. The minimum atomic E-state index is -1.18. The molecule has 0 aromatic heterocycles. The molecule has 45 nitrogen and oxygen atoms in total. The second kappa shape index (κ2) is 82.2. The zero-order chi connectivity index (χ0) is 80.1. The first-order valence-corrected chi connectivity index (χ1v) is 28.8. The molecule has 95 heavy (non-hydrogen) atoms. The molecule has 51 heteroatoms. The van der Waals surface area contributed by atoms with E-state index >= 15 is 0 Å². The van der Waals surface area contributed by atoms with Crippen molar-refractivity contribution in [3.8, 4) is 0 Å². The van der Waals surface area contributed by atoms with E-state index in [0.29, 0.717) is 0 Å². The molecule has 45 N–H and O–H groups in total. The van der Waals surface area contributed by atoms with Gasteiger partial charge < -0.3 is 167 Å². The van der Waals surface area contributed by atoms with Crippen LogP contribution in [0.25, 0.3) is 0 Å². The Morgan fingerprint density at radius 2 is 0.316 bits per heavy atom. The van der Waals surface area contributed by atoms with Gasteiger partial charge in [-0.25, -0.2) is 0 Å². The van der Waals surface area contributed by atoms with Crippen molar-refractivity contribution in [2.75, 3.05) is 54.3 Å². The van der Waals surface area contributed by atoms with Crippen LogP contribution in [0.3, 0.4) is 0 Å². The molecule has 0 amide bonds. The van der Waals surface area contributed by atoms with Crippen LogP contribution in [0.15, 0.2) is 0 Å². The number of aliphatic carboxylic acids is 14. The molecule has 0 aliphatic rings. The highest BCUT2D eigenvalue weighted by atomic mass is 32.1. The largest absolute Gasteiger partial charge is 0.480 e. The molecule has 0 aromatic rings. The Labute approximate surface area is 577 Å². The van der Waals surface area contributed by atoms with Gasteiger partial charge >= 0.3 is 83.6 Å². The lowest BCUT2D eigenvalue weighted by molar-refractivity contribution is -0.140. The van der Waals surface area contributed by atoms with Gasteiger partial charge in [-0.3, -0.25) is 67.1 Å². The number of carboxylic acids is 14. The van der Waals surface area contributed by atoms with Crippen LogP contribution >= 0.6 is 75.8 Å². The molecular weight excluding hydrogens is 1410 g/mol. The summed E-state index contributed by atoms with van der Waals surface area (Å²) in [5.74, 6) is -13.2. The van der Waals surface area contributed by atoms with Crippen molar-refractivity contribution in [2.24, 2.45) is 86.2 Å². The summed E-state index contributed by atoms with van der Waals surface area (Å²) in [5, 5.41) is 135. The first-order chi connectivity index (χ1) is 42.8. The lowest BCUT2D eigenvalue weighted by atomic mass is 10.1. The zero-order valence-corrected chi connectivity index (χ0v) is 57.5. The summed E-state index contributed by atoms with van der Waals surface area (Å²) >= 11 is 21.9. The summed E-state index contributed by atoms with van der Waals surface area (Å²) < 4.78 is 0. The predicted octanol–water partition coefficient (Wildman–Crippen LogP) is -11.1. The van der Waals surface area contributed by atoms with Gasteiger partial charge in [-0.2, -0.15) is 75.8 Å². The summed E-state index contributed by atoms with van der Waals surface area (Å²) in [4.78, 5) is 136. The van der Waals surface area contributed by atoms with Crippen molar-refractivity contribution < 1.29 is 154 Å². The first kappa shape index (κ1) is 123. The number of rotatable bonds is 24. The number of carbonyl (C=O) groups is 14. The fourth-order valence-electron chi connectivity index (χ4n) is 0.988. The third-order valence-electron chi connectivity index (χ3n) is 7.19. The van der Waals surface area contributed by atoms with Gasteiger partial charge in [0.05, 0.1) is 19.8 Å². The minimum Gasteiger partial charge on any atom is -0.480 e. The van der Waals surface area contributed by atoms with E-state index in [1.165, 1.54) is 27.7 Å². The molecule has 0 rings (SSSR count). The highest BCUT2D eigenvalue weighted by Gasteiger charge is 2.15. The monoisotopic (exact) mass is 1510 g/mol. The Kier molecular flexibility index (Phi) is 106. The third kappa shape index (κ3) is 126. The van der Waals surface area contributed by atoms with E-state index in [0.717, 1.165) is 0 Å². The van der Waals surface area contributed by atoms with Crippen molar-refractivity contribution in [1.29, 1.82) is 0 Å². The van der Waals surface area contributed by atoms with Crippen molar-refractivity contribution in [3.05, 3.63) is 0 Å². The molecular formula is C44H102N14O31S6. The van der Waals surface area contributed by atoms with Crippen LogP contribution in [0.5, 0.6) is 0 Å². The number of aliphatic hydroxyl groups is 3. The van der Waals surface area contributed by atoms with Crippen LogP contribution in [-0.4, -0.2) is 309 Å². The quantitative estimate of drug-likeness (QED) is 0.0399. The predicted molar refractivity (Wildman–Crippen MR) is 360 cm³/mol. The second-order valence-electron chi connectivity index (χ2n) is 16.8. The van der Waals surface area contributed by atoms with E-state index in [2.05, 4.69) is 75.8 Å². The van der Waals surface area contributed by atoms with E-state index in [9.17, 15) is 67.1 Å². The van der Waals surface area contributed by atoms with Crippen LogP contribution < -0.4 is 80.3 Å². The minimum absolute atomic E-state index is 0.0208. The standard InChI is InChI=1S/C5H11NO2.3C3H7NO3.6C3H7NO2S.4C3H7NO2/c1-3(2)4(6)5(7)8;3*4-2(1-5)3(6)7;6*4-2(1-7)3(5)6;4*1-2(4)3(5)6/h3-4H,6H2,1-2H3,(H,7,8);3*2,5H,1,4H2,(H,6,7);6*2,7H,1,4H2,(H,5,6);4*2H,4H2,1H3,(H,5,6)/t4-;13*2-/m00000000000000/s1. The number of aliphatic hydroxyl groups excluding tert-OH is 3. The Morgan fingerprint density at radius 1 is 0.221 bits per heavy atom. The maximum absolute atomic E-state index is 10.0. The van der Waals surface area contributed by atoms with Crippen LogP contribution in [0.4, 0.5) is 0 Å². The Morgan fingerprint density at radius 3 is 0.316 bits per heavy atom. The molecule has 0 saturated carbocycles. The van der Waals surface area contributed by atoms with E-state index in [-0.39, 0.29) is 40.4 Å². The van der Waals surface area contributed by atoms with Gasteiger partial charge in [-0.1, -0.05) is 13.8 Å². The van der Waals surface area contributed by atoms with Crippen molar-refractivity contribution >= 4 is 159 Å². The fraction of sp³-hybridized carbons (Fsp3) is 0.682. The van der Waals surface area contributed by atoms with E-state index in [1.54, 1.807) is 13.8 Å². The molecule has 0 aliphatic heterocycles. The van der Waals surface area contributed by atoms with Crippen LogP contribution in [0.1, 0.15) is 41.5 Å². The lowest BCUT2D eigenvalue weighted by Crippen LogP contribution is -2.34. The SMILES string of the molecule is CC(C)[C@H](N)C(=O)O.C[C@H](N)C(=O)O.C[C@H](N)C(=O)O.C[C@H](N)C(=O)O.C[C@H](N)C(=O)O.N[C@@H](CO)C(=O)O.N[C@@H](CO)C(=O)O.N[C@@H](CO)C(=O)O.N[C@@H](CS)C(=O)O.N[C@@H](CS)C(=O)O.N[C@@H](CS)C(=O)O.N[C@@H](CS)C(=O)O.N[C@@H](CS)C(=O)O.N[C@@H](CS)C(=O)O. The van der Waals surface area contributed by atoms with Crippen LogP contribution in [-0.2, 0) is 67.1 Å². The fourth-order valence-corrected chi connectivity index (χ4v) is 1.93. The van der Waals surface area contributed by atoms with Gasteiger partial charge in [0, 0.05) is 34.5 Å². The summed E-state index contributed by atoms with van der Waals surface area (Å²) in [6, 6.07) is -11.9. The maximum Gasteiger partial charge on any atom is 0.322 e.